The van der Waals surface area contributed by atoms with Gasteiger partial charge in [-0.2, -0.15) is 0 Å². The summed E-state index contributed by atoms with van der Waals surface area (Å²) in [7, 11) is 1.68. The molecule has 4 nitrogen and oxygen atoms in total. The topological polar surface area (TPSA) is 58.6 Å². The zero-order chi connectivity index (χ0) is 14.4. The highest BCUT2D eigenvalue weighted by atomic mass is 16.5. The van der Waals surface area contributed by atoms with Crippen LogP contribution in [-0.2, 0) is 17.9 Å². The first-order chi connectivity index (χ1) is 9.69. The van der Waals surface area contributed by atoms with E-state index in [9.17, 15) is 4.79 Å². The summed E-state index contributed by atoms with van der Waals surface area (Å²) in [5.41, 5.74) is 3.49. The SMILES string of the molecule is COCc1ccc(CNc2ccc(C(=O)O)cc2)cc1. The number of rotatable bonds is 6. The van der Waals surface area contributed by atoms with Gasteiger partial charge in [0.15, 0.2) is 0 Å². The Kier molecular flexibility index (Phi) is 4.74. The van der Waals surface area contributed by atoms with Crippen LogP contribution in [-0.4, -0.2) is 18.2 Å². The second kappa shape index (κ2) is 6.73. The summed E-state index contributed by atoms with van der Waals surface area (Å²) in [6.07, 6.45) is 0. The van der Waals surface area contributed by atoms with Gasteiger partial charge in [-0.1, -0.05) is 24.3 Å². The summed E-state index contributed by atoms with van der Waals surface area (Å²) >= 11 is 0. The Balaban J connectivity index is 1.92. The Labute approximate surface area is 118 Å². The Hall–Kier alpha value is -2.33. The molecule has 0 spiro atoms. The Morgan fingerprint density at radius 3 is 2.20 bits per heavy atom. The monoisotopic (exact) mass is 271 g/mol. The fourth-order valence-corrected chi connectivity index (χ4v) is 1.85. The highest BCUT2D eigenvalue weighted by molar-refractivity contribution is 5.87. The minimum absolute atomic E-state index is 0.291. The van der Waals surface area contributed by atoms with Crippen LogP contribution in [0.5, 0.6) is 0 Å². The molecule has 0 aromatic heterocycles. The third kappa shape index (κ3) is 3.83. The molecule has 2 aromatic carbocycles. The van der Waals surface area contributed by atoms with Gasteiger partial charge in [-0.05, 0) is 35.4 Å². The van der Waals surface area contributed by atoms with Crippen molar-refractivity contribution in [3.63, 3.8) is 0 Å². The Bertz CT molecular complexity index is 561. The van der Waals surface area contributed by atoms with E-state index < -0.39 is 5.97 Å². The van der Waals surface area contributed by atoms with Crippen LogP contribution >= 0.6 is 0 Å². The third-order valence-corrected chi connectivity index (χ3v) is 2.96. The van der Waals surface area contributed by atoms with E-state index >= 15 is 0 Å². The minimum atomic E-state index is -0.912. The van der Waals surface area contributed by atoms with E-state index in [1.807, 2.05) is 24.3 Å². The number of methoxy groups -OCH3 is 1. The fourth-order valence-electron chi connectivity index (χ4n) is 1.85. The summed E-state index contributed by atoms with van der Waals surface area (Å²) in [5.74, 6) is -0.912. The molecule has 0 atom stereocenters. The summed E-state index contributed by atoms with van der Waals surface area (Å²) in [6, 6.07) is 14.9. The lowest BCUT2D eigenvalue weighted by Gasteiger charge is -2.07. The first kappa shape index (κ1) is 14.1. The van der Waals surface area contributed by atoms with Crippen molar-refractivity contribution in [2.75, 3.05) is 12.4 Å². The molecular weight excluding hydrogens is 254 g/mol. The van der Waals surface area contributed by atoms with Gasteiger partial charge in [0.05, 0.1) is 12.2 Å². The molecular formula is C16H17NO3. The van der Waals surface area contributed by atoms with Crippen molar-refractivity contribution >= 4 is 11.7 Å². The average Bonchev–Trinajstić information content (AvgIpc) is 2.47. The van der Waals surface area contributed by atoms with Crippen molar-refractivity contribution < 1.29 is 14.6 Å². The van der Waals surface area contributed by atoms with Gasteiger partial charge in [0, 0.05) is 19.3 Å². The van der Waals surface area contributed by atoms with Crippen LogP contribution in [0.25, 0.3) is 0 Å². The van der Waals surface area contributed by atoms with Crippen molar-refractivity contribution in [1.82, 2.24) is 0 Å². The number of aromatic carboxylic acids is 1. The second-order valence-corrected chi connectivity index (χ2v) is 4.49. The third-order valence-electron chi connectivity index (χ3n) is 2.96. The van der Waals surface area contributed by atoms with E-state index in [4.69, 9.17) is 9.84 Å². The van der Waals surface area contributed by atoms with Crippen molar-refractivity contribution in [2.45, 2.75) is 13.2 Å². The lowest BCUT2D eigenvalue weighted by molar-refractivity contribution is 0.0697. The summed E-state index contributed by atoms with van der Waals surface area (Å²) in [6.45, 7) is 1.31. The lowest BCUT2D eigenvalue weighted by Crippen LogP contribution is -2.01. The molecule has 2 N–H and O–H groups in total. The van der Waals surface area contributed by atoms with E-state index in [0.29, 0.717) is 18.7 Å². The standard InChI is InChI=1S/C16H17NO3/c1-20-11-13-4-2-12(3-5-13)10-17-15-8-6-14(7-9-15)16(18)19/h2-9,17H,10-11H2,1H3,(H,18,19). The first-order valence-electron chi connectivity index (χ1n) is 6.33. The molecule has 4 heteroatoms. The van der Waals surface area contributed by atoms with Gasteiger partial charge < -0.3 is 15.2 Å². The normalized spacial score (nSPS) is 10.2. The highest BCUT2D eigenvalue weighted by Crippen LogP contribution is 2.12. The molecule has 20 heavy (non-hydrogen) atoms. The van der Waals surface area contributed by atoms with Gasteiger partial charge in [0.1, 0.15) is 0 Å². The maximum absolute atomic E-state index is 10.7. The van der Waals surface area contributed by atoms with Crippen molar-refractivity contribution in [2.24, 2.45) is 0 Å². The van der Waals surface area contributed by atoms with E-state index in [0.717, 1.165) is 16.8 Å². The van der Waals surface area contributed by atoms with E-state index in [2.05, 4.69) is 5.32 Å². The van der Waals surface area contributed by atoms with Crippen LogP contribution in [0.4, 0.5) is 5.69 Å². The number of benzene rings is 2. The van der Waals surface area contributed by atoms with Gasteiger partial charge in [-0.25, -0.2) is 4.79 Å². The summed E-state index contributed by atoms with van der Waals surface area (Å²) < 4.78 is 5.06. The van der Waals surface area contributed by atoms with E-state index in [1.165, 1.54) is 0 Å². The molecule has 0 aliphatic rings. The zero-order valence-corrected chi connectivity index (χ0v) is 11.3. The smallest absolute Gasteiger partial charge is 0.335 e. The molecule has 0 radical (unpaired) electrons. The molecule has 0 aliphatic carbocycles. The molecule has 0 saturated carbocycles. The Morgan fingerprint density at radius 2 is 1.65 bits per heavy atom. The Morgan fingerprint density at radius 1 is 1.05 bits per heavy atom. The van der Waals surface area contributed by atoms with Crippen LogP contribution in [0.1, 0.15) is 21.5 Å². The quantitative estimate of drug-likeness (QED) is 0.847. The minimum Gasteiger partial charge on any atom is -0.478 e. The molecule has 2 rings (SSSR count). The molecule has 0 unspecified atom stereocenters. The van der Waals surface area contributed by atoms with Gasteiger partial charge in [-0.15, -0.1) is 0 Å². The van der Waals surface area contributed by atoms with Crippen molar-refractivity contribution in [3.05, 3.63) is 65.2 Å². The second-order valence-electron chi connectivity index (χ2n) is 4.49. The van der Waals surface area contributed by atoms with Gasteiger partial charge in [0.2, 0.25) is 0 Å². The molecule has 0 fully saturated rings. The van der Waals surface area contributed by atoms with E-state index in [1.54, 1.807) is 31.4 Å². The van der Waals surface area contributed by atoms with E-state index in [-0.39, 0.29) is 0 Å². The predicted octanol–water partition coefficient (Wildman–Crippen LogP) is 3.14. The number of carboxylic acids is 1. The number of nitrogens with one attached hydrogen (secondary N) is 1. The van der Waals surface area contributed by atoms with Crippen LogP contribution < -0.4 is 5.32 Å². The van der Waals surface area contributed by atoms with Crippen LogP contribution in [0, 0.1) is 0 Å². The molecule has 0 aliphatic heterocycles. The fraction of sp³-hybridized carbons (Fsp3) is 0.188. The van der Waals surface area contributed by atoms with Crippen LogP contribution in [0.15, 0.2) is 48.5 Å². The average molecular weight is 271 g/mol. The molecule has 0 amide bonds. The number of carbonyl (C=O) groups is 1. The molecule has 104 valence electrons. The number of ether oxygens (including phenoxy) is 1. The maximum Gasteiger partial charge on any atom is 0.335 e. The first-order valence-corrected chi connectivity index (χ1v) is 6.33. The lowest BCUT2D eigenvalue weighted by atomic mass is 10.1. The summed E-state index contributed by atoms with van der Waals surface area (Å²) in [5, 5.41) is 12.1. The largest absolute Gasteiger partial charge is 0.478 e. The number of anilines is 1. The number of hydrogen-bond acceptors (Lipinski definition) is 3. The van der Waals surface area contributed by atoms with Gasteiger partial charge in [0.25, 0.3) is 0 Å². The van der Waals surface area contributed by atoms with Crippen molar-refractivity contribution in [3.8, 4) is 0 Å². The van der Waals surface area contributed by atoms with Crippen LogP contribution in [0.3, 0.4) is 0 Å². The van der Waals surface area contributed by atoms with Crippen LogP contribution in [0.2, 0.25) is 0 Å². The zero-order valence-electron chi connectivity index (χ0n) is 11.3. The highest BCUT2D eigenvalue weighted by Gasteiger charge is 2.01. The van der Waals surface area contributed by atoms with Gasteiger partial charge in [-0.3, -0.25) is 0 Å². The van der Waals surface area contributed by atoms with Gasteiger partial charge >= 0.3 is 5.97 Å². The predicted molar refractivity (Wildman–Crippen MR) is 77.9 cm³/mol. The number of carboxylic acid groups (broad SMARTS) is 1. The number of hydrogen-bond donors (Lipinski definition) is 2. The molecule has 0 saturated heterocycles. The molecule has 0 heterocycles. The summed E-state index contributed by atoms with van der Waals surface area (Å²) in [4.78, 5) is 10.7. The maximum atomic E-state index is 10.7. The molecule has 2 aromatic rings. The van der Waals surface area contributed by atoms with Crippen molar-refractivity contribution in [1.29, 1.82) is 0 Å². The molecule has 0 bridgehead atoms.